The first-order chi connectivity index (χ1) is 23.8. The molecule has 0 saturated heterocycles. The zero-order valence-electron chi connectivity index (χ0n) is 26.0. The molecule has 0 bridgehead atoms. The monoisotopic (exact) mass is 612 g/mol. The maximum Gasteiger partial charge on any atom is 0.143 e. The molecule has 0 N–H and O–H groups in total. The van der Waals surface area contributed by atoms with Gasteiger partial charge in [-0.3, -0.25) is 0 Å². The molecule has 2 heterocycles. The lowest BCUT2D eigenvalue weighted by Gasteiger charge is -2.18. The van der Waals surface area contributed by atoms with E-state index in [0.717, 1.165) is 55.4 Å². The lowest BCUT2D eigenvalue weighted by Crippen LogP contribution is -1.91. The predicted octanol–water partition coefficient (Wildman–Crippen LogP) is 13.3. The van der Waals surface area contributed by atoms with Gasteiger partial charge in [-0.15, -0.1) is 0 Å². The van der Waals surface area contributed by atoms with Gasteiger partial charge in [-0.05, 0) is 62.0 Å². The van der Waals surface area contributed by atoms with E-state index in [9.17, 15) is 0 Å². The highest BCUT2D eigenvalue weighted by molar-refractivity contribution is 6.26. The number of para-hydroxylation sites is 1. The van der Waals surface area contributed by atoms with Crippen LogP contribution in [0.4, 0.5) is 0 Å². The second-order valence-corrected chi connectivity index (χ2v) is 12.4. The van der Waals surface area contributed by atoms with E-state index in [4.69, 9.17) is 8.83 Å². The highest BCUT2D eigenvalue weighted by Crippen LogP contribution is 2.50. The van der Waals surface area contributed by atoms with Crippen LogP contribution in [0.3, 0.4) is 0 Å². The first-order valence-corrected chi connectivity index (χ1v) is 16.3. The maximum absolute atomic E-state index is 6.99. The molecule has 0 atom stereocenters. The number of rotatable bonds is 4. The normalized spacial score (nSPS) is 11.8. The van der Waals surface area contributed by atoms with Crippen molar-refractivity contribution in [2.24, 2.45) is 0 Å². The lowest BCUT2D eigenvalue weighted by molar-refractivity contribution is 0.629. The third kappa shape index (κ3) is 4.06. The fraction of sp³-hybridized carbons (Fsp3) is 0. The second-order valence-electron chi connectivity index (χ2n) is 12.4. The van der Waals surface area contributed by atoms with Crippen LogP contribution in [0.15, 0.2) is 179 Å². The summed E-state index contributed by atoms with van der Waals surface area (Å²) in [6.07, 6.45) is 0. The average Bonchev–Trinajstić information content (AvgIpc) is 3.71. The summed E-state index contributed by atoms with van der Waals surface area (Å²) < 4.78 is 13.3. The van der Waals surface area contributed by atoms with Gasteiger partial charge in [0.05, 0.1) is 0 Å². The number of hydrogen-bond donors (Lipinski definition) is 0. The van der Waals surface area contributed by atoms with E-state index in [-0.39, 0.29) is 0 Å². The van der Waals surface area contributed by atoms with Crippen LogP contribution in [0.25, 0.3) is 99.2 Å². The number of fused-ring (bicyclic) bond motifs is 6. The average molecular weight is 613 g/mol. The van der Waals surface area contributed by atoms with Gasteiger partial charge in [0.1, 0.15) is 22.5 Å². The van der Waals surface area contributed by atoms with E-state index in [0.29, 0.717) is 0 Å². The van der Waals surface area contributed by atoms with Gasteiger partial charge >= 0.3 is 0 Å². The molecule has 8 aromatic carbocycles. The molecule has 0 spiro atoms. The summed E-state index contributed by atoms with van der Waals surface area (Å²) in [4.78, 5) is 0. The molecule has 48 heavy (non-hydrogen) atoms. The Balaban J connectivity index is 1.37. The maximum atomic E-state index is 6.99. The Bertz CT molecular complexity index is 2760. The van der Waals surface area contributed by atoms with Crippen molar-refractivity contribution in [1.82, 2.24) is 0 Å². The van der Waals surface area contributed by atoms with Crippen molar-refractivity contribution in [3.05, 3.63) is 170 Å². The minimum Gasteiger partial charge on any atom is -0.456 e. The highest BCUT2D eigenvalue weighted by atomic mass is 16.3. The molecule has 0 fully saturated rings. The summed E-state index contributed by atoms with van der Waals surface area (Å²) in [7, 11) is 0. The van der Waals surface area contributed by atoms with Gasteiger partial charge in [0, 0.05) is 38.9 Å². The molecule has 0 aliphatic rings. The van der Waals surface area contributed by atoms with Gasteiger partial charge in [-0.1, -0.05) is 146 Å². The van der Waals surface area contributed by atoms with Gasteiger partial charge in [0.2, 0.25) is 0 Å². The largest absolute Gasteiger partial charge is 0.456 e. The van der Waals surface area contributed by atoms with Gasteiger partial charge < -0.3 is 8.83 Å². The standard InChI is InChI=1S/C46H28O2/c1-3-14-29(15-4-1)31-18-13-19-32(26-31)46-45(39-27-38-33-20-11-12-25-40(33)47-41(38)28-42(39)48-46)44-36-23-9-7-21-34(36)43(30-16-5-2-6-17-30)35-22-8-10-24-37(35)44/h1-28H. The van der Waals surface area contributed by atoms with Crippen LogP contribution < -0.4 is 0 Å². The van der Waals surface area contributed by atoms with E-state index in [1.54, 1.807) is 0 Å². The van der Waals surface area contributed by atoms with Crippen molar-refractivity contribution in [2.75, 3.05) is 0 Å². The first-order valence-electron chi connectivity index (χ1n) is 16.3. The van der Waals surface area contributed by atoms with Crippen LogP contribution >= 0.6 is 0 Å². The van der Waals surface area contributed by atoms with Crippen LogP contribution in [0.1, 0.15) is 0 Å². The molecule has 0 unspecified atom stereocenters. The molecule has 0 saturated carbocycles. The molecular formula is C46H28O2. The molecule has 2 nitrogen and oxygen atoms in total. The molecule has 0 aliphatic carbocycles. The van der Waals surface area contributed by atoms with Gasteiger partial charge in [-0.2, -0.15) is 0 Å². The molecule has 10 aromatic rings. The minimum atomic E-state index is 0.803. The number of hydrogen-bond acceptors (Lipinski definition) is 2. The highest BCUT2D eigenvalue weighted by Gasteiger charge is 2.25. The van der Waals surface area contributed by atoms with Crippen LogP contribution in [0, 0.1) is 0 Å². The van der Waals surface area contributed by atoms with Crippen molar-refractivity contribution in [3.8, 4) is 44.7 Å². The van der Waals surface area contributed by atoms with Crippen molar-refractivity contribution in [2.45, 2.75) is 0 Å². The van der Waals surface area contributed by atoms with Crippen molar-refractivity contribution < 1.29 is 8.83 Å². The van der Waals surface area contributed by atoms with Crippen molar-refractivity contribution in [1.29, 1.82) is 0 Å². The Kier molecular flexibility index (Phi) is 5.91. The first kappa shape index (κ1) is 26.8. The smallest absolute Gasteiger partial charge is 0.143 e. The number of benzene rings is 8. The fourth-order valence-corrected chi connectivity index (χ4v) is 7.55. The summed E-state index contributed by atoms with van der Waals surface area (Å²) >= 11 is 0. The molecule has 0 radical (unpaired) electrons. The predicted molar refractivity (Wildman–Crippen MR) is 200 cm³/mol. The van der Waals surface area contributed by atoms with E-state index in [1.807, 2.05) is 12.1 Å². The van der Waals surface area contributed by atoms with E-state index < -0.39 is 0 Å². The molecular weight excluding hydrogens is 585 g/mol. The van der Waals surface area contributed by atoms with Crippen LogP contribution in [0.2, 0.25) is 0 Å². The summed E-state index contributed by atoms with van der Waals surface area (Å²) in [6.45, 7) is 0. The van der Waals surface area contributed by atoms with Crippen LogP contribution in [-0.4, -0.2) is 0 Å². The quantitative estimate of drug-likeness (QED) is 0.185. The molecule has 224 valence electrons. The summed E-state index contributed by atoms with van der Waals surface area (Å²) in [6, 6.07) is 60.2. The van der Waals surface area contributed by atoms with Crippen LogP contribution in [0.5, 0.6) is 0 Å². The molecule has 2 heteroatoms. The Morgan fingerprint density at radius 2 is 0.771 bits per heavy atom. The third-order valence-electron chi connectivity index (χ3n) is 9.66. The fourth-order valence-electron chi connectivity index (χ4n) is 7.55. The summed E-state index contributed by atoms with van der Waals surface area (Å²) in [5, 5.41) is 8.06. The third-order valence-corrected chi connectivity index (χ3v) is 9.66. The Labute approximate surface area is 277 Å². The zero-order valence-corrected chi connectivity index (χ0v) is 26.0. The Morgan fingerprint density at radius 1 is 0.250 bits per heavy atom. The minimum absolute atomic E-state index is 0.803. The van der Waals surface area contributed by atoms with E-state index in [1.165, 1.54) is 43.8 Å². The summed E-state index contributed by atoms with van der Waals surface area (Å²) in [5.41, 5.74) is 10.6. The topological polar surface area (TPSA) is 26.3 Å². The molecule has 0 amide bonds. The molecule has 0 aliphatic heterocycles. The van der Waals surface area contributed by atoms with Crippen molar-refractivity contribution in [3.63, 3.8) is 0 Å². The Morgan fingerprint density at radius 3 is 1.46 bits per heavy atom. The number of furan rings is 2. The van der Waals surface area contributed by atoms with E-state index >= 15 is 0 Å². The van der Waals surface area contributed by atoms with Crippen molar-refractivity contribution >= 4 is 54.5 Å². The second kappa shape index (κ2) is 10.6. The molecule has 2 aromatic heterocycles. The summed E-state index contributed by atoms with van der Waals surface area (Å²) in [5.74, 6) is 0.850. The van der Waals surface area contributed by atoms with Crippen LogP contribution in [-0.2, 0) is 0 Å². The molecule has 10 rings (SSSR count). The lowest BCUT2D eigenvalue weighted by atomic mass is 9.84. The van der Waals surface area contributed by atoms with Gasteiger partial charge in [0.25, 0.3) is 0 Å². The zero-order chi connectivity index (χ0) is 31.6. The Hall–Kier alpha value is -6.38. The van der Waals surface area contributed by atoms with Gasteiger partial charge in [0.15, 0.2) is 0 Å². The van der Waals surface area contributed by atoms with E-state index in [2.05, 4.69) is 158 Å². The SMILES string of the molecule is c1ccc(-c2cccc(-c3oc4cc5oc6ccccc6c5cc4c3-c3c4ccccc4c(-c4ccccc4)c4ccccc34)c2)cc1. The van der Waals surface area contributed by atoms with Gasteiger partial charge in [-0.25, -0.2) is 0 Å².